The summed E-state index contributed by atoms with van der Waals surface area (Å²) in [6, 6.07) is 0.294. The number of hydrogen-bond acceptors (Lipinski definition) is 3. The minimum absolute atomic E-state index is 0.294. The molecule has 1 aliphatic carbocycles. The summed E-state index contributed by atoms with van der Waals surface area (Å²) in [6.45, 7) is 3.07. The Morgan fingerprint density at radius 3 is 3.05 bits per heavy atom. The van der Waals surface area contributed by atoms with E-state index in [0.717, 1.165) is 11.7 Å². The Balaban J connectivity index is 1.58. The summed E-state index contributed by atoms with van der Waals surface area (Å²) in [7, 11) is 0. The van der Waals surface area contributed by atoms with Crippen LogP contribution in [0.2, 0.25) is 0 Å². The van der Waals surface area contributed by atoms with Crippen LogP contribution in [0.1, 0.15) is 39.0 Å². The summed E-state index contributed by atoms with van der Waals surface area (Å²) < 4.78 is 2.09. The van der Waals surface area contributed by atoms with Gasteiger partial charge >= 0.3 is 0 Å². The molecule has 1 aliphatic heterocycles. The average molecular weight is 278 g/mol. The molecule has 2 aliphatic rings. The summed E-state index contributed by atoms with van der Waals surface area (Å²) in [6.07, 6.45) is 12.4. The van der Waals surface area contributed by atoms with Gasteiger partial charge in [0.05, 0.1) is 12.4 Å². The van der Waals surface area contributed by atoms with Gasteiger partial charge in [0.25, 0.3) is 0 Å². The third-order valence-corrected chi connectivity index (χ3v) is 5.22. The van der Waals surface area contributed by atoms with E-state index in [1.165, 1.54) is 37.9 Å². The molecule has 1 N–H and O–H groups in total. The zero-order chi connectivity index (χ0) is 13.1. The molecule has 1 aromatic rings. The molecule has 1 atom stereocenters. The summed E-state index contributed by atoms with van der Waals surface area (Å²) in [5.74, 6) is 1.20. The van der Waals surface area contributed by atoms with Crippen LogP contribution >= 0.6 is 11.8 Å². The summed E-state index contributed by atoms with van der Waals surface area (Å²) >= 11 is 1.90. The Hall–Kier alpha value is -0.970. The fourth-order valence-electron chi connectivity index (χ4n) is 3.01. The molecule has 3 rings (SSSR count). The first-order valence-electron chi connectivity index (χ1n) is 7.20. The maximum atomic E-state index is 4.82. The molecular formula is C14H22N4S. The largest absolute Gasteiger partial charge is 0.359 e. The topological polar surface area (TPSA) is 42.2 Å². The maximum absolute atomic E-state index is 4.82. The first-order chi connectivity index (χ1) is 9.26. The monoisotopic (exact) mass is 278 g/mol. The second-order valence-corrected chi connectivity index (χ2v) is 6.76. The van der Waals surface area contributed by atoms with Gasteiger partial charge in [-0.05, 0) is 19.8 Å². The van der Waals surface area contributed by atoms with Crippen LogP contribution in [0.3, 0.4) is 0 Å². The summed E-state index contributed by atoms with van der Waals surface area (Å²) in [4.78, 5) is 8.89. The normalized spacial score (nSPS) is 25.6. The van der Waals surface area contributed by atoms with Crippen molar-refractivity contribution in [1.82, 2.24) is 14.9 Å². The van der Waals surface area contributed by atoms with Crippen LogP contribution in [0, 0.1) is 0 Å². The fourth-order valence-corrected chi connectivity index (χ4v) is 4.33. The van der Waals surface area contributed by atoms with Gasteiger partial charge in [0.1, 0.15) is 0 Å². The van der Waals surface area contributed by atoms with Gasteiger partial charge in [-0.1, -0.05) is 31.0 Å². The maximum Gasteiger partial charge on any atom is 0.157 e. The Labute approximate surface area is 119 Å². The molecule has 0 radical (unpaired) electrons. The third-order valence-electron chi connectivity index (χ3n) is 4.04. The van der Waals surface area contributed by atoms with Crippen LogP contribution in [0.25, 0.3) is 0 Å². The zero-order valence-electron chi connectivity index (χ0n) is 11.5. The molecular weight excluding hydrogens is 256 g/mol. The third kappa shape index (κ3) is 3.14. The molecule has 19 heavy (non-hydrogen) atoms. The number of amidine groups is 1. The molecule has 2 fully saturated rings. The van der Waals surface area contributed by atoms with Crippen molar-refractivity contribution in [1.29, 1.82) is 0 Å². The molecule has 0 bridgehead atoms. The van der Waals surface area contributed by atoms with E-state index in [1.807, 2.05) is 30.5 Å². The summed E-state index contributed by atoms with van der Waals surface area (Å²) in [5.41, 5.74) is 0.358. The number of nitrogens with one attached hydrogen (secondary N) is 1. The fraction of sp³-hybridized carbons (Fsp3) is 0.714. The van der Waals surface area contributed by atoms with Crippen molar-refractivity contribution in [2.45, 2.75) is 57.2 Å². The number of thioether (sulfide) groups is 1. The summed E-state index contributed by atoms with van der Waals surface area (Å²) in [5, 5.41) is 4.85. The number of rotatable bonds is 3. The highest BCUT2D eigenvalue weighted by molar-refractivity contribution is 8.14. The van der Waals surface area contributed by atoms with Crippen molar-refractivity contribution in [3.63, 3.8) is 0 Å². The molecule has 4 nitrogen and oxygen atoms in total. The number of hydrogen-bond donors (Lipinski definition) is 1. The first kappa shape index (κ1) is 13.0. The van der Waals surface area contributed by atoms with E-state index >= 15 is 0 Å². The molecule has 1 unspecified atom stereocenters. The van der Waals surface area contributed by atoms with Crippen molar-refractivity contribution in [2.24, 2.45) is 4.99 Å². The van der Waals surface area contributed by atoms with E-state index in [9.17, 15) is 0 Å². The Morgan fingerprint density at radius 2 is 2.32 bits per heavy atom. The van der Waals surface area contributed by atoms with Crippen molar-refractivity contribution < 1.29 is 0 Å². The lowest BCUT2D eigenvalue weighted by Gasteiger charge is -2.32. The highest BCUT2D eigenvalue weighted by Gasteiger charge is 2.38. The zero-order valence-corrected chi connectivity index (χ0v) is 12.3. The van der Waals surface area contributed by atoms with Gasteiger partial charge in [0.15, 0.2) is 5.17 Å². The lowest BCUT2D eigenvalue weighted by Crippen LogP contribution is -2.45. The molecule has 0 aromatic carbocycles. The lowest BCUT2D eigenvalue weighted by atomic mass is 9.83. The van der Waals surface area contributed by atoms with Crippen molar-refractivity contribution in [2.75, 3.05) is 5.75 Å². The van der Waals surface area contributed by atoms with Crippen LogP contribution in [-0.2, 0) is 6.54 Å². The number of aliphatic imine (C=N–C) groups is 1. The quantitative estimate of drug-likeness (QED) is 0.924. The first-order valence-corrected chi connectivity index (χ1v) is 8.19. The van der Waals surface area contributed by atoms with E-state index in [-0.39, 0.29) is 0 Å². The van der Waals surface area contributed by atoms with Crippen molar-refractivity contribution in [3.8, 4) is 0 Å². The molecule has 1 spiro atoms. The van der Waals surface area contributed by atoms with Crippen molar-refractivity contribution in [3.05, 3.63) is 18.7 Å². The van der Waals surface area contributed by atoms with Crippen LogP contribution in [-0.4, -0.2) is 32.1 Å². The number of imidazole rings is 1. The van der Waals surface area contributed by atoms with Crippen LogP contribution in [0.15, 0.2) is 23.7 Å². The van der Waals surface area contributed by atoms with E-state index in [1.54, 1.807) is 0 Å². The predicted octanol–water partition coefficient (Wildman–Crippen LogP) is 2.67. The molecule has 5 heteroatoms. The SMILES string of the molecule is CC(Cn1ccnc1)N=C1NC2(CCCCC2)CS1. The van der Waals surface area contributed by atoms with Gasteiger partial charge in [-0.2, -0.15) is 0 Å². The van der Waals surface area contributed by atoms with Crippen LogP contribution < -0.4 is 5.32 Å². The van der Waals surface area contributed by atoms with E-state index in [2.05, 4.69) is 21.8 Å². The van der Waals surface area contributed by atoms with Gasteiger partial charge in [-0.25, -0.2) is 4.98 Å². The van der Waals surface area contributed by atoms with Gasteiger partial charge in [-0.3, -0.25) is 4.99 Å². The van der Waals surface area contributed by atoms with Crippen LogP contribution in [0.4, 0.5) is 0 Å². The van der Waals surface area contributed by atoms with E-state index in [0.29, 0.717) is 11.6 Å². The molecule has 104 valence electrons. The Morgan fingerprint density at radius 1 is 1.47 bits per heavy atom. The van der Waals surface area contributed by atoms with E-state index in [4.69, 9.17) is 4.99 Å². The highest BCUT2D eigenvalue weighted by Crippen LogP contribution is 2.36. The second-order valence-electron chi connectivity index (χ2n) is 5.80. The molecule has 1 saturated carbocycles. The van der Waals surface area contributed by atoms with Crippen LogP contribution in [0.5, 0.6) is 0 Å². The highest BCUT2D eigenvalue weighted by atomic mass is 32.2. The molecule has 2 heterocycles. The molecule has 0 amide bonds. The number of nitrogens with zero attached hydrogens (tertiary/aromatic N) is 3. The lowest BCUT2D eigenvalue weighted by molar-refractivity contribution is 0.303. The van der Waals surface area contributed by atoms with E-state index < -0.39 is 0 Å². The van der Waals surface area contributed by atoms with Crippen molar-refractivity contribution >= 4 is 16.9 Å². The number of aromatic nitrogens is 2. The molecule has 1 aromatic heterocycles. The Kier molecular flexibility index (Phi) is 3.82. The standard InChI is InChI=1S/C14H22N4S/c1-12(9-18-8-7-15-11-18)16-13-17-14(10-19-13)5-3-2-4-6-14/h7-8,11-12H,2-6,9-10H2,1H3,(H,16,17). The predicted molar refractivity (Wildman–Crippen MR) is 80.5 cm³/mol. The minimum Gasteiger partial charge on any atom is -0.359 e. The van der Waals surface area contributed by atoms with Gasteiger partial charge in [0, 0.05) is 30.2 Å². The van der Waals surface area contributed by atoms with Gasteiger partial charge < -0.3 is 9.88 Å². The second kappa shape index (κ2) is 5.57. The smallest absolute Gasteiger partial charge is 0.157 e. The Bertz CT molecular complexity index is 434. The van der Waals surface area contributed by atoms with Gasteiger partial charge in [-0.15, -0.1) is 0 Å². The average Bonchev–Trinajstić information content (AvgIpc) is 3.02. The minimum atomic E-state index is 0.294. The van der Waals surface area contributed by atoms with Gasteiger partial charge in [0.2, 0.25) is 0 Å². The molecule has 1 saturated heterocycles.